The number of aromatic nitrogens is 2. The first-order valence-electron chi connectivity index (χ1n) is 10.2. The van der Waals surface area contributed by atoms with Gasteiger partial charge in [0, 0.05) is 13.0 Å². The molecule has 0 saturated heterocycles. The van der Waals surface area contributed by atoms with Gasteiger partial charge in [0.25, 0.3) is 5.56 Å². The second-order valence-corrected chi connectivity index (χ2v) is 8.88. The predicted molar refractivity (Wildman–Crippen MR) is 105 cm³/mol. The van der Waals surface area contributed by atoms with Gasteiger partial charge in [-0.15, -0.1) is 0 Å². The van der Waals surface area contributed by atoms with Gasteiger partial charge in [-0.3, -0.25) is 14.3 Å². The second kappa shape index (κ2) is 6.11. The number of amides is 1. The molecule has 4 aliphatic rings. The minimum atomic E-state index is -0.154. The van der Waals surface area contributed by atoms with Crippen molar-refractivity contribution >= 4 is 11.6 Å². The van der Waals surface area contributed by atoms with E-state index in [0.717, 1.165) is 23.2 Å². The van der Waals surface area contributed by atoms with E-state index in [1.54, 1.807) is 4.68 Å². The van der Waals surface area contributed by atoms with Crippen molar-refractivity contribution < 1.29 is 4.79 Å². The summed E-state index contributed by atoms with van der Waals surface area (Å²) in [7, 11) is 1.86. The summed E-state index contributed by atoms with van der Waals surface area (Å²) in [6, 6.07) is 9.57. The number of anilines is 1. The average Bonchev–Trinajstić information content (AvgIpc) is 2.85. The van der Waals surface area contributed by atoms with Gasteiger partial charge in [0.05, 0.1) is 11.4 Å². The number of nitrogens with one attached hydrogen (secondary N) is 1. The molecule has 1 aromatic heterocycles. The lowest BCUT2D eigenvalue weighted by Gasteiger charge is -2.53. The molecular formula is C22H27N3O2. The molecule has 2 aromatic rings. The molecule has 6 rings (SSSR count). The monoisotopic (exact) mass is 365 g/mol. The summed E-state index contributed by atoms with van der Waals surface area (Å²) in [6.45, 7) is 1.90. The van der Waals surface area contributed by atoms with Gasteiger partial charge >= 0.3 is 0 Å². The topological polar surface area (TPSA) is 56.0 Å². The van der Waals surface area contributed by atoms with E-state index in [2.05, 4.69) is 5.32 Å². The maximum Gasteiger partial charge on any atom is 0.295 e. The third-order valence-corrected chi connectivity index (χ3v) is 7.33. The number of carbonyl (C=O) groups excluding carboxylic acids is 1. The van der Waals surface area contributed by atoms with Gasteiger partial charge in [-0.1, -0.05) is 18.2 Å². The van der Waals surface area contributed by atoms with Crippen molar-refractivity contribution in [2.75, 3.05) is 5.32 Å². The van der Waals surface area contributed by atoms with Crippen molar-refractivity contribution in [2.45, 2.75) is 39.0 Å². The first-order valence-corrected chi connectivity index (χ1v) is 10.2. The summed E-state index contributed by atoms with van der Waals surface area (Å²) >= 11 is 0. The Morgan fingerprint density at radius 2 is 1.59 bits per heavy atom. The van der Waals surface area contributed by atoms with Crippen LogP contribution in [-0.2, 0) is 11.8 Å². The molecule has 0 radical (unpaired) electrons. The van der Waals surface area contributed by atoms with E-state index in [1.165, 1.54) is 32.1 Å². The van der Waals surface area contributed by atoms with Gasteiger partial charge in [-0.25, -0.2) is 4.68 Å². The molecule has 5 nitrogen and oxygen atoms in total. The minimum Gasteiger partial charge on any atom is -0.320 e. The Bertz CT molecular complexity index is 912. The number of hydrogen-bond donors (Lipinski definition) is 1. The molecule has 1 amide bonds. The molecule has 142 valence electrons. The number of nitrogens with zero attached hydrogens (tertiary/aromatic N) is 2. The smallest absolute Gasteiger partial charge is 0.295 e. The SMILES string of the molecule is Cc1c(NC(=O)C2C3CC4CC(C3)CC2C4)c(=O)n(-c2ccccc2)n1C. The van der Waals surface area contributed by atoms with Crippen LogP contribution in [0.15, 0.2) is 35.1 Å². The van der Waals surface area contributed by atoms with Crippen molar-refractivity contribution in [3.63, 3.8) is 0 Å². The zero-order valence-corrected chi connectivity index (χ0v) is 16.0. The van der Waals surface area contributed by atoms with Gasteiger partial charge in [0.15, 0.2) is 0 Å². The van der Waals surface area contributed by atoms with Crippen molar-refractivity contribution in [3.05, 3.63) is 46.4 Å². The van der Waals surface area contributed by atoms with Crippen molar-refractivity contribution in [2.24, 2.45) is 36.6 Å². The number of para-hydroxylation sites is 1. The van der Waals surface area contributed by atoms with Crippen LogP contribution in [0.4, 0.5) is 5.69 Å². The van der Waals surface area contributed by atoms with E-state index in [0.29, 0.717) is 17.5 Å². The van der Waals surface area contributed by atoms with Gasteiger partial charge in [-0.05, 0) is 74.8 Å². The van der Waals surface area contributed by atoms with Crippen LogP contribution in [-0.4, -0.2) is 15.3 Å². The molecule has 1 aromatic carbocycles. The summed E-state index contributed by atoms with van der Waals surface area (Å²) in [4.78, 5) is 26.3. The van der Waals surface area contributed by atoms with Crippen LogP contribution >= 0.6 is 0 Å². The van der Waals surface area contributed by atoms with Crippen LogP contribution < -0.4 is 10.9 Å². The Hall–Kier alpha value is -2.30. The Balaban J connectivity index is 1.45. The van der Waals surface area contributed by atoms with Crippen LogP contribution in [0, 0.1) is 36.5 Å². The fourth-order valence-electron chi connectivity index (χ4n) is 6.27. The van der Waals surface area contributed by atoms with E-state index < -0.39 is 0 Å². The van der Waals surface area contributed by atoms with E-state index >= 15 is 0 Å². The van der Waals surface area contributed by atoms with Gasteiger partial charge in [-0.2, -0.15) is 0 Å². The summed E-state index contributed by atoms with van der Waals surface area (Å²) in [5.41, 5.74) is 1.88. The third kappa shape index (κ3) is 2.59. The van der Waals surface area contributed by atoms with Crippen LogP contribution in [0.1, 0.15) is 37.8 Å². The maximum atomic E-state index is 13.2. The quantitative estimate of drug-likeness (QED) is 0.905. The van der Waals surface area contributed by atoms with Gasteiger partial charge in [0.1, 0.15) is 5.69 Å². The average molecular weight is 365 g/mol. The number of benzene rings is 1. The van der Waals surface area contributed by atoms with E-state index in [9.17, 15) is 9.59 Å². The Morgan fingerprint density at radius 3 is 2.19 bits per heavy atom. The molecule has 0 spiro atoms. The maximum absolute atomic E-state index is 13.2. The first kappa shape index (κ1) is 16.8. The molecule has 0 atom stereocenters. The molecule has 1 heterocycles. The normalized spacial score (nSPS) is 31.3. The number of carbonyl (C=O) groups is 1. The second-order valence-electron chi connectivity index (χ2n) is 8.88. The highest BCUT2D eigenvalue weighted by atomic mass is 16.2. The van der Waals surface area contributed by atoms with Crippen LogP contribution in [0.5, 0.6) is 0 Å². The van der Waals surface area contributed by atoms with Crippen molar-refractivity contribution in [1.82, 2.24) is 9.36 Å². The van der Waals surface area contributed by atoms with Crippen LogP contribution in [0.25, 0.3) is 5.69 Å². The molecule has 4 fully saturated rings. The lowest BCUT2D eigenvalue weighted by Crippen LogP contribution is -2.49. The lowest BCUT2D eigenvalue weighted by molar-refractivity contribution is -0.132. The molecule has 4 aliphatic carbocycles. The fourth-order valence-corrected chi connectivity index (χ4v) is 6.27. The van der Waals surface area contributed by atoms with Gasteiger partial charge < -0.3 is 5.32 Å². The molecule has 0 unspecified atom stereocenters. The highest BCUT2D eigenvalue weighted by Crippen LogP contribution is 2.56. The van der Waals surface area contributed by atoms with E-state index in [1.807, 2.05) is 49.0 Å². The summed E-state index contributed by atoms with van der Waals surface area (Å²) < 4.78 is 3.45. The zero-order valence-electron chi connectivity index (χ0n) is 16.0. The summed E-state index contributed by atoms with van der Waals surface area (Å²) in [5.74, 6) is 2.86. The minimum absolute atomic E-state index is 0.0646. The zero-order chi connectivity index (χ0) is 18.7. The van der Waals surface area contributed by atoms with Crippen LogP contribution in [0.2, 0.25) is 0 Å². The molecule has 27 heavy (non-hydrogen) atoms. The summed E-state index contributed by atoms with van der Waals surface area (Å²) in [6.07, 6.45) is 6.18. The third-order valence-electron chi connectivity index (χ3n) is 7.33. The predicted octanol–water partition coefficient (Wildman–Crippen LogP) is 3.50. The molecule has 1 N–H and O–H groups in total. The highest BCUT2D eigenvalue weighted by molar-refractivity contribution is 5.93. The first-order chi connectivity index (χ1) is 13.0. The van der Waals surface area contributed by atoms with E-state index in [4.69, 9.17) is 0 Å². The summed E-state index contributed by atoms with van der Waals surface area (Å²) in [5, 5.41) is 3.04. The molecule has 4 saturated carbocycles. The molecule has 5 heteroatoms. The molecule has 0 aliphatic heterocycles. The number of rotatable bonds is 3. The Kier molecular flexibility index (Phi) is 3.81. The standard InChI is InChI=1S/C22H27N3O2/c1-13-20(22(27)25(24(13)2)18-6-4-3-5-7-18)23-21(26)19-16-9-14-8-15(11-16)12-17(19)10-14/h3-7,14-17,19H,8-12H2,1-2H3,(H,23,26). The van der Waals surface area contributed by atoms with Crippen molar-refractivity contribution in [1.29, 1.82) is 0 Å². The highest BCUT2D eigenvalue weighted by Gasteiger charge is 2.50. The Morgan fingerprint density at radius 1 is 1.00 bits per heavy atom. The lowest BCUT2D eigenvalue weighted by atomic mass is 9.51. The molecular weight excluding hydrogens is 338 g/mol. The van der Waals surface area contributed by atoms with Crippen molar-refractivity contribution in [3.8, 4) is 5.69 Å². The van der Waals surface area contributed by atoms with Gasteiger partial charge in [0.2, 0.25) is 5.91 Å². The Labute approximate surface area is 159 Å². The number of hydrogen-bond acceptors (Lipinski definition) is 2. The fraction of sp³-hybridized carbons (Fsp3) is 0.545. The molecule has 4 bridgehead atoms. The largest absolute Gasteiger partial charge is 0.320 e. The van der Waals surface area contributed by atoms with Crippen LogP contribution in [0.3, 0.4) is 0 Å². The van der Waals surface area contributed by atoms with E-state index in [-0.39, 0.29) is 17.4 Å².